The molecule has 0 spiro atoms. The van der Waals surface area contributed by atoms with Crippen molar-refractivity contribution in [2.75, 3.05) is 18.2 Å². The third kappa shape index (κ3) is 2.62. The van der Waals surface area contributed by atoms with E-state index >= 15 is 0 Å². The van der Waals surface area contributed by atoms with Crippen molar-refractivity contribution in [2.24, 2.45) is 8.73 Å². The van der Waals surface area contributed by atoms with E-state index in [1.807, 2.05) is 0 Å². The molecule has 0 bridgehead atoms. The van der Waals surface area contributed by atoms with Crippen LogP contribution in [0.2, 0.25) is 10.0 Å². The van der Waals surface area contributed by atoms with Gasteiger partial charge in [0, 0.05) is 0 Å². The summed E-state index contributed by atoms with van der Waals surface area (Å²) < 4.78 is 13.2. The molecule has 2 heterocycles. The van der Waals surface area contributed by atoms with Gasteiger partial charge in [-0.3, -0.25) is 0 Å². The van der Waals surface area contributed by atoms with Gasteiger partial charge in [0.15, 0.2) is 0 Å². The summed E-state index contributed by atoms with van der Waals surface area (Å²) in [4.78, 5) is 11.8. The van der Waals surface area contributed by atoms with Gasteiger partial charge < -0.3 is 15.8 Å². The molecule has 1 aliphatic rings. The maximum absolute atomic E-state index is 6.18. The largest absolute Gasteiger partial charge is 0.467 e. The monoisotopic (exact) mass is 343 g/mol. The zero-order valence-electron chi connectivity index (χ0n) is 10.5. The third-order valence-corrected chi connectivity index (χ3v) is 3.61. The Labute approximate surface area is 132 Å². The second kappa shape index (κ2) is 5.43. The first-order chi connectivity index (χ1) is 10.1. The van der Waals surface area contributed by atoms with E-state index in [-0.39, 0.29) is 17.9 Å². The first kappa shape index (κ1) is 14.0. The van der Waals surface area contributed by atoms with E-state index in [2.05, 4.69) is 29.0 Å². The number of hydrogen-bond acceptors (Lipinski definition) is 8. The lowest BCUT2D eigenvalue weighted by atomic mass is 10.2. The summed E-state index contributed by atoms with van der Waals surface area (Å²) in [5, 5.41) is 3.71. The van der Waals surface area contributed by atoms with Crippen LogP contribution in [0.1, 0.15) is 0 Å². The third-order valence-electron chi connectivity index (χ3n) is 2.50. The quantitative estimate of drug-likeness (QED) is 0.755. The molecule has 0 aliphatic carbocycles. The lowest BCUT2D eigenvalue weighted by Gasteiger charge is -2.11. The number of ether oxygens (including phenoxy) is 1. The van der Waals surface area contributed by atoms with Gasteiger partial charge >= 0.3 is 6.01 Å². The second-order valence-corrected chi connectivity index (χ2v) is 5.15. The lowest BCUT2D eigenvalue weighted by molar-refractivity contribution is 0.380. The minimum atomic E-state index is 0.0158. The average molecular weight is 344 g/mol. The second-order valence-electron chi connectivity index (χ2n) is 3.81. The van der Waals surface area contributed by atoms with Crippen molar-refractivity contribution in [1.29, 1.82) is 0 Å². The zero-order chi connectivity index (χ0) is 15.0. The standard InChI is InChI=1S/C10H7Cl2N7OS/c1-20-10-16-8(13)15-9(17-10)14-5-3(11)2-4(12)6-7(5)19-21-18-6/h2H,1H3,(H3,13,14,15,16,17). The van der Waals surface area contributed by atoms with Gasteiger partial charge in [-0.15, -0.1) is 0 Å². The summed E-state index contributed by atoms with van der Waals surface area (Å²) in [5.74, 6) is 0.194. The minimum Gasteiger partial charge on any atom is -0.467 e. The molecule has 0 fully saturated rings. The molecule has 2 aromatic rings. The van der Waals surface area contributed by atoms with E-state index in [1.165, 1.54) is 7.11 Å². The van der Waals surface area contributed by atoms with E-state index in [4.69, 9.17) is 33.7 Å². The van der Waals surface area contributed by atoms with Gasteiger partial charge in [0.05, 0.1) is 34.2 Å². The number of halogens is 2. The number of nitrogens with two attached hydrogens (primary N) is 1. The van der Waals surface area contributed by atoms with Crippen LogP contribution in [0.25, 0.3) is 0 Å². The van der Waals surface area contributed by atoms with E-state index in [0.717, 1.165) is 11.4 Å². The fourth-order valence-electron chi connectivity index (χ4n) is 1.62. The number of aromatic nitrogens is 3. The molecule has 0 saturated heterocycles. The van der Waals surface area contributed by atoms with Crippen LogP contribution in [-0.4, -0.2) is 22.1 Å². The van der Waals surface area contributed by atoms with Crippen molar-refractivity contribution in [3.05, 3.63) is 16.1 Å². The van der Waals surface area contributed by atoms with Gasteiger partial charge in [-0.05, 0) is 6.07 Å². The molecule has 0 unspecified atom stereocenters. The molecule has 11 heteroatoms. The highest BCUT2D eigenvalue weighted by atomic mass is 35.5. The van der Waals surface area contributed by atoms with Crippen molar-refractivity contribution >= 4 is 63.5 Å². The maximum atomic E-state index is 6.18. The Hall–Kier alpha value is -1.97. The van der Waals surface area contributed by atoms with Gasteiger partial charge in [-0.2, -0.15) is 23.7 Å². The Morgan fingerprint density at radius 1 is 1.14 bits per heavy atom. The number of rotatable bonds is 3. The van der Waals surface area contributed by atoms with Gasteiger partial charge in [0.2, 0.25) is 11.9 Å². The molecular formula is C10H7Cl2N7OS. The van der Waals surface area contributed by atoms with Crippen molar-refractivity contribution in [2.45, 2.75) is 0 Å². The Bertz CT molecular complexity index is 806. The Kier molecular flexibility index (Phi) is 3.62. The van der Waals surface area contributed by atoms with Crippen molar-refractivity contribution in [3.8, 4) is 6.01 Å². The number of nitrogens with one attached hydrogen (secondary N) is 1. The maximum Gasteiger partial charge on any atom is 0.322 e. The van der Waals surface area contributed by atoms with Crippen LogP contribution in [0.15, 0.2) is 14.8 Å². The Morgan fingerprint density at radius 2 is 1.90 bits per heavy atom. The molecule has 1 aliphatic heterocycles. The van der Waals surface area contributed by atoms with E-state index in [9.17, 15) is 0 Å². The van der Waals surface area contributed by atoms with Crippen LogP contribution in [0, 0.1) is 0 Å². The molecule has 8 nitrogen and oxygen atoms in total. The van der Waals surface area contributed by atoms with E-state index < -0.39 is 0 Å². The topological polar surface area (TPSA) is 111 Å². The minimum absolute atomic E-state index is 0.0158. The molecule has 108 valence electrons. The van der Waals surface area contributed by atoms with Gasteiger partial charge in [-0.25, -0.2) is 0 Å². The summed E-state index contributed by atoms with van der Waals surface area (Å²) in [6.45, 7) is 0. The van der Waals surface area contributed by atoms with Crippen LogP contribution < -0.4 is 15.8 Å². The van der Waals surface area contributed by atoms with Gasteiger partial charge in [0.1, 0.15) is 11.4 Å². The normalized spacial score (nSPS) is 12.0. The summed E-state index contributed by atoms with van der Waals surface area (Å²) in [5.41, 5.74) is 7.13. The smallest absolute Gasteiger partial charge is 0.322 e. The zero-order valence-corrected chi connectivity index (χ0v) is 12.8. The highest BCUT2D eigenvalue weighted by molar-refractivity contribution is 7.58. The number of fused-ring (bicyclic) bond motifs is 1. The Balaban J connectivity index is 2.06. The van der Waals surface area contributed by atoms with Crippen molar-refractivity contribution < 1.29 is 4.74 Å². The molecule has 3 rings (SSSR count). The predicted octanol–water partition coefficient (Wildman–Crippen LogP) is 3.24. The lowest BCUT2D eigenvalue weighted by Crippen LogP contribution is -2.05. The molecule has 3 N–H and O–H groups in total. The van der Waals surface area contributed by atoms with Crippen LogP contribution in [-0.2, 0) is 11.4 Å². The molecule has 1 aromatic heterocycles. The molecule has 0 atom stereocenters. The number of hydrogen-bond donors (Lipinski definition) is 2. The predicted molar refractivity (Wildman–Crippen MR) is 82.1 cm³/mol. The van der Waals surface area contributed by atoms with Gasteiger partial charge in [0.25, 0.3) is 0 Å². The fourth-order valence-corrected chi connectivity index (χ4v) is 2.78. The highest BCUT2D eigenvalue weighted by Crippen LogP contribution is 2.48. The van der Waals surface area contributed by atoms with E-state index in [0.29, 0.717) is 27.1 Å². The summed E-state index contributed by atoms with van der Waals surface area (Å²) in [6, 6.07) is 1.65. The number of benzene rings is 1. The summed E-state index contributed by atoms with van der Waals surface area (Å²) in [7, 11) is 1.43. The molecule has 0 amide bonds. The number of nitrogen functional groups attached to an aromatic ring is 1. The molecule has 21 heavy (non-hydrogen) atoms. The summed E-state index contributed by atoms with van der Waals surface area (Å²) >= 11 is 13.3. The average Bonchev–Trinajstić information content (AvgIpc) is 2.92. The van der Waals surface area contributed by atoms with Crippen molar-refractivity contribution in [3.63, 3.8) is 0 Å². The van der Waals surface area contributed by atoms with Crippen LogP contribution in [0.3, 0.4) is 0 Å². The highest BCUT2D eigenvalue weighted by Gasteiger charge is 2.20. The number of anilines is 3. The van der Waals surface area contributed by atoms with Crippen LogP contribution >= 0.6 is 23.2 Å². The van der Waals surface area contributed by atoms with Crippen LogP contribution in [0.5, 0.6) is 6.01 Å². The summed E-state index contributed by atoms with van der Waals surface area (Å²) in [6.07, 6.45) is 0. The molecular weight excluding hydrogens is 337 g/mol. The number of methoxy groups -OCH3 is 1. The van der Waals surface area contributed by atoms with E-state index in [1.54, 1.807) is 6.07 Å². The molecule has 0 radical (unpaired) electrons. The fraction of sp³-hybridized carbons (Fsp3) is 0.100. The molecule has 1 aromatic carbocycles. The van der Waals surface area contributed by atoms with Gasteiger partial charge in [-0.1, -0.05) is 23.2 Å². The first-order valence-corrected chi connectivity index (χ1v) is 7.00. The SMILES string of the molecule is COc1nc(N)nc(Nc2c(Cl)cc(Cl)c3c2N=S=N3)n1. The Morgan fingerprint density at radius 3 is 2.67 bits per heavy atom. The molecule has 0 saturated carbocycles. The van der Waals surface area contributed by atoms with Crippen molar-refractivity contribution in [1.82, 2.24) is 15.0 Å². The number of nitrogens with zero attached hydrogens (tertiary/aromatic N) is 5. The van der Waals surface area contributed by atoms with Crippen LogP contribution in [0.4, 0.5) is 29.0 Å². The first-order valence-electron chi connectivity index (χ1n) is 5.51.